The summed E-state index contributed by atoms with van der Waals surface area (Å²) in [4.78, 5) is 0. The fourth-order valence-corrected chi connectivity index (χ4v) is 0.694. The molecule has 54 valence electrons. The molecule has 0 aromatic carbocycles. The molecule has 1 nitrogen and oxygen atoms in total. The highest BCUT2D eigenvalue weighted by molar-refractivity contribution is 4.94. The predicted octanol–water partition coefficient (Wildman–Crippen LogP) is 2.73. The molecule has 0 spiro atoms. The molecule has 0 saturated heterocycles. The van der Waals surface area contributed by atoms with Crippen LogP contribution >= 0.6 is 0 Å². The third kappa shape index (κ3) is 4.07. The summed E-state index contributed by atoms with van der Waals surface area (Å²) in [6, 6.07) is 0. The first kappa shape index (κ1) is 8.54. The Bertz CT molecular complexity index is 84.6. The van der Waals surface area contributed by atoms with Gasteiger partial charge in [0.25, 0.3) is 0 Å². The molecule has 1 heterocycles. The van der Waals surface area contributed by atoms with Crippen LogP contribution in [-0.2, 0) is 4.74 Å². The van der Waals surface area contributed by atoms with Crippen LogP contribution in [0.4, 0.5) is 0 Å². The van der Waals surface area contributed by atoms with E-state index >= 15 is 0 Å². The standard InChI is InChI=1S/C6H10O.C2H6/c1-6-3-2-4-7-5-6;1-2/h5H,2-4H2,1H3;1-2H3. The summed E-state index contributed by atoms with van der Waals surface area (Å²) in [6.07, 6.45) is 4.27. The van der Waals surface area contributed by atoms with Gasteiger partial charge in [0.05, 0.1) is 12.9 Å². The molecular formula is C8H16O. The van der Waals surface area contributed by atoms with E-state index in [1.165, 1.54) is 18.4 Å². The van der Waals surface area contributed by atoms with Gasteiger partial charge in [-0.05, 0) is 25.3 Å². The molecule has 0 aromatic heterocycles. The van der Waals surface area contributed by atoms with E-state index in [0.29, 0.717) is 0 Å². The fraction of sp³-hybridized carbons (Fsp3) is 0.750. The number of ether oxygens (including phenoxy) is 1. The minimum Gasteiger partial charge on any atom is -0.501 e. The van der Waals surface area contributed by atoms with Gasteiger partial charge < -0.3 is 4.74 Å². The van der Waals surface area contributed by atoms with Gasteiger partial charge in [0.2, 0.25) is 0 Å². The van der Waals surface area contributed by atoms with Crippen LogP contribution in [0.2, 0.25) is 0 Å². The minimum atomic E-state index is 0.914. The summed E-state index contributed by atoms with van der Waals surface area (Å²) in [7, 11) is 0. The van der Waals surface area contributed by atoms with Gasteiger partial charge in [-0.3, -0.25) is 0 Å². The van der Waals surface area contributed by atoms with Crippen molar-refractivity contribution in [3.05, 3.63) is 11.8 Å². The first-order chi connectivity index (χ1) is 4.39. The lowest BCUT2D eigenvalue weighted by atomic mass is 10.2. The van der Waals surface area contributed by atoms with Crippen LogP contribution in [0, 0.1) is 0 Å². The zero-order valence-corrected chi connectivity index (χ0v) is 6.61. The summed E-state index contributed by atoms with van der Waals surface area (Å²) in [6.45, 7) is 7.01. The summed E-state index contributed by atoms with van der Waals surface area (Å²) in [5.74, 6) is 0. The van der Waals surface area contributed by atoms with Gasteiger partial charge >= 0.3 is 0 Å². The molecular weight excluding hydrogens is 112 g/mol. The van der Waals surface area contributed by atoms with E-state index in [2.05, 4.69) is 6.92 Å². The summed E-state index contributed by atoms with van der Waals surface area (Å²) >= 11 is 0. The molecule has 1 aliphatic rings. The Morgan fingerprint density at radius 2 is 2.11 bits per heavy atom. The highest BCUT2D eigenvalue weighted by Gasteiger charge is 1.95. The highest BCUT2D eigenvalue weighted by atomic mass is 16.5. The minimum absolute atomic E-state index is 0.914. The molecule has 0 atom stereocenters. The van der Waals surface area contributed by atoms with Gasteiger partial charge in [-0.2, -0.15) is 0 Å². The molecule has 0 aliphatic carbocycles. The van der Waals surface area contributed by atoms with E-state index in [1.54, 1.807) is 0 Å². The van der Waals surface area contributed by atoms with Crippen LogP contribution in [0.15, 0.2) is 11.8 Å². The zero-order valence-electron chi connectivity index (χ0n) is 6.61. The monoisotopic (exact) mass is 128 g/mol. The Labute approximate surface area is 57.7 Å². The van der Waals surface area contributed by atoms with Crippen molar-refractivity contribution < 1.29 is 4.74 Å². The maximum absolute atomic E-state index is 5.02. The maximum Gasteiger partial charge on any atom is 0.0876 e. The second-order valence-electron chi connectivity index (χ2n) is 1.94. The van der Waals surface area contributed by atoms with Crippen molar-refractivity contribution in [2.75, 3.05) is 6.61 Å². The molecule has 0 bridgehead atoms. The van der Waals surface area contributed by atoms with E-state index in [4.69, 9.17) is 4.74 Å². The molecule has 1 aliphatic heterocycles. The van der Waals surface area contributed by atoms with Crippen molar-refractivity contribution >= 4 is 0 Å². The van der Waals surface area contributed by atoms with Gasteiger partial charge in [-0.25, -0.2) is 0 Å². The molecule has 1 heteroatoms. The number of rotatable bonds is 0. The van der Waals surface area contributed by atoms with Crippen molar-refractivity contribution in [2.24, 2.45) is 0 Å². The van der Waals surface area contributed by atoms with Crippen molar-refractivity contribution in [1.82, 2.24) is 0 Å². The largest absolute Gasteiger partial charge is 0.501 e. The van der Waals surface area contributed by atoms with Crippen LogP contribution in [0.25, 0.3) is 0 Å². The SMILES string of the molecule is CC.CC1=COCCC1. The number of allylic oxidation sites excluding steroid dienone is 1. The smallest absolute Gasteiger partial charge is 0.0876 e. The average Bonchev–Trinajstić information content (AvgIpc) is 1.94. The molecule has 0 unspecified atom stereocenters. The summed E-state index contributed by atoms with van der Waals surface area (Å²) in [5, 5.41) is 0. The Balaban J connectivity index is 0.000000291. The van der Waals surface area contributed by atoms with Crippen LogP contribution in [0.5, 0.6) is 0 Å². The molecule has 0 saturated carbocycles. The third-order valence-corrected chi connectivity index (χ3v) is 1.12. The summed E-state index contributed by atoms with van der Waals surface area (Å²) in [5.41, 5.74) is 1.37. The number of hydrogen-bond acceptors (Lipinski definition) is 1. The van der Waals surface area contributed by atoms with Crippen molar-refractivity contribution in [1.29, 1.82) is 0 Å². The average molecular weight is 128 g/mol. The molecule has 0 aromatic rings. The highest BCUT2D eigenvalue weighted by Crippen LogP contribution is 2.08. The lowest BCUT2D eigenvalue weighted by Gasteiger charge is -2.08. The molecule has 0 radical (unpaired) electrons. The maximum atomic E-state index is 5.02. The van der Waals surface area contributed by atoms with Crippen molar-refractivity contribution in [2.45, 2.75) is 33.6 Å². The molecule has 0 N–H and O–H groups in total. The van der Waals surface area contributed by atoms with Gasteiger partial charge in [0.15, 0.2) is 0 Å². The van der Waals surface area contributed by atoms with E-state index in [-0.39, 0.29) is 0 Å². The fourth-order valence-electron chi connectivity index (χ4n) is 0.694. The first-order valence-corrected chi connectivity index (χ1v) is 3.67. The molecule has 1 rings (SSSR count). The number of hydrogen-bond donors (Lipinski definition) is 0. The third-order valence-electron chi connectivity index (χ3n) is 1.12. The van der Waals surface area contributed by atoms with Crippen LogP contribution < -0.4 is 0 Å². The van der Waals surface area contributed by atoms with Gasteiger partial charge in [0, 0.05) is 0 Å². The lowest BCUT2D eigenvalue weighted by Crippen LogP contribution is -1.95. The van der Waals surface area contributed by atoms with E-state index in [1.807, 2.05) is 20.1 Å². The van der Waals surface area contributed by atoms with Gasteiger partial charge in [-0.1, -0.05) is 13.8 Å². The topological polar surface area (TPSA) is 9.23 Å². The quantitative estimate of drug-likeness (QED) is 0.487. The van der Waals surface area contributed by atoms with E-state index in [0.717, 1.165) is 6.61 Å². The summed E-state index contributed by atoms with van der Waals surface area (Å²) < 4.78 is 5.02. The Kier molecular flexibility index (Phi) is 5.38. The van der Waals surface area contributed by atoms with Crippen molar-refractivity contribution in [3.63, 3.8) is 0 Å². The predicted molar refractivity (Wildman–Crippen MR) is 40.3 cm³/mol. The molecule has 0 amide bonds. The molecule has 9 heavy (non-hydrogen) atoms. The Hall–Kier alpha value is -0.460. The Morgan fingerprint density at radius 3 is 2.33 bits per heavy atom. The van der Waals surface area contributed by atoms with E-state index < -0.39 is 0 Å². The molecule has 0 fully saturated rings. The van der Waals surface area contributed by atoms with Gasteiger partial charge in [0.1, 0.15) is 0 Å². The normalized spacial score (nSPS) is 16.6. The second kappa shape index (κ2) is 5.67. The van der Waals surface area contributed by atoms with Crippen molar-refractivity contribution in [3.8, 4) is 0 Å². The second-order valence-corrected chi connectivity index (χ2v) is 1.94. The first-order valence-electron chi connectivity index (χ1n) is 3.67. The van der Waals surface area contributed by atoms with Crippen LogP contribution in [0.1, 0.15) is 33.6 Å². The van der Waals surface area contributed by atoms with E-state index in [9.17, 15) is 0 Å². The van der Waals surface area contributed by atoms with Crippen LogP contribution in [-0.4, -0.2) is 6.61 Å². The zero-order chi connectivity index (χ0) is 7.11. The lowest BCUT2D eigenvalue weighted by molar-refractivity contribution is 0.225. The van der Waals surface area contributed by atoms with Gasteiger partial charge in [-0.15, -0.1) is 0 Å². The van der Waals surface area contributed by atoms with Crippen LogP contribution in [0.3, 0.4) is 0 Å². The Morgan fingerprint density at radius 1 is 1.44 bits per heavy atom.